The molecule has 0 saturated carbocycles. The Bertz CT molecular complexity index is 1470. The largest absolute Gasteiger partial charge is 0.497 e. The molecule has 3 N–H and O–H groups in total. The maximum absolute atomic E-state index is 12.9. The number of hydrogen-bond donors (Lipinski definition) is 3. The van der Waals surface area contributed by atoms with Crippen LogP contribution in [0.1, 0.15) is 29.2 Å². The van der Waals surface area contributed by atoms with Gasteiger partial charge in [0.2, 0.25) is 5.91 Å². The number of fused-ring (bicyclic) bond motifs is 1. The Morgan fingerprint density at radius 2 is 1.65 bits per heavy atom. The zero-order valence-electron chi connectivity index (χ0n) is 20.6. The Hall–Kier alpha value is -4.37. The molecule has 2 amide bonds. The van der Waals surface area contributed by atoms with E-state index < -0.39 is 0 Å². The maximum Gasteiger partial charge on any atom is 0.326 e. The first kappa shape index (κ1) is 24.3. The molecule has 9 nitrogen and oxygen atoms in total. The van der Waals surface area contributed by atoms with Gasteiger partial charge in [-0.2, -0.15) is 0 Å². The molecular formula is C28H29N5O4. The summed E-state index contributed by atoms with van der Waals surface area (Å²) in [4.78, 5) is 43.3. The van der Waals surface area contributed by atoms with E-state index in [9.17, 15) is 14.4 Å². The van der Waals surface area contributed by atoms with Gasteiger partial charge < -0.3 is 20.4 Å². The second kappa shape index (κ2) is 10.7. The van der Waals surface area contributed by atoms with Gasteiger partial charge in [0.25, 0.3) is 5.91 Å². The average molecular weight is 500 g/mol. The van der Waals surface area contributed by atoms with Crippen LogP contribution >= 0.6 is 0 Å². The first-order chi connectivity index (χ1) is 18.0. The predicted molar refractivity (Wildman–Crippen MR) is 143 cm³/mol. The number of para-hydroxylation sites is 3. The van der Waals surface area contributed by atoms with E-state index >= 15 is 0 Å². The smallest absolute Gasteiger partial charge is 0.326 e. The summed E-state index contributed by atoms with van der Waals surface area (Å²) in [7, 11) is 1.58. The fraction of sp³-hybridized carbons (Fsp3) is 0.250. The number of imidazole rings is 1. The molecule has 9 heteroatoms. The number of carbonyl (C=O) groups is 2. The third kappa shape index (κ3) is 5.41. The second-order valence-corrected chi connectivity index (χ2v) is 9.10. The van der Waals surface area contributed by atoms with Crippen molar-refractivity contribution in [1.82, 2.24) is 14.5 Å². The summed E-state index contributed by atoms with van der Waals surface area (Å²) in [5.74, 6) is 0.196. The molecule has 1 saturated heterocycles. The molecule has 1 aliphatic heterocycles. The monoisotopic (exact) mass is 499 g/mol. The van der Waals surface area contributed by atoms with Gasteiger partial charge in [0.1, 0.15) is 5.75 Å². The van der Waals surface area contributed by atoms with Crippen LogP contribution in [0.4, 0.5) is 11.4 Å². The van der Waals surface area contributed by atoms with Gasteiger partial charge in [-0.15, -0.1) is 0 Å². The average Bonchev–Trinajstić information content (AvgIpc) is 3.25. The normalized spacial score (nSPS) is 14.4. The number of methoxy groups -OCH3 is 1. The third-order valence-electron chi connectivity index (χ3n) is 6.71. The van der Waals surface area contributed by atoms with E-state index in [1.54, 1.807) is 55.6 Å². The Morgan fingerprint density at radius 3 is 2.41 bits per heavy atom. The molecule has 5 rings (SSSR count). The van der Waals surface area contributed by atoms with Gasteiger partial charge in [-0.25, -0.2) is 4.79 Å². The van der Waals surface area contributed by atoms with Crippen molar-refractivity contribution in [2.75, 3.05) is 37.4 Å². The van der Waals surface area contributed by atoms with E-state index in [-0.39, 0.29) is 30.1 Å². The van der Waals surface area contributed by atoms with Crippen molar-refractivity contribution < 1.29 is 14.3 Å². The number of rotatable bonds is 7. The number of nitrogens with one attached hydrogen (secondary N) is 3. The van der Waals surface area contributed by atoms with Crippen LogP contribution in [-0.2, 0) is 4.79 Å². The van der Waals surface area contributed by atoms with Gasteiger partial charge in [0.15, 0.2) is 0 Å². The van der Waals surface area contributed by atoms with Gasteiger partial charge in [-0.05, 0) is 61.4 Å². The molecular weight excluding hydrogens is 470 g/mol. The Kier molecular flexibility index (Phi) is 7.04. The van der Waals surface area contributed by atoms with E-state index in [0.29, 0.717) is 35.8 Å². The number of carbonyl (C=O) groups excluding carboxylic acids is 2. The molecule has 0 radical (unpaired) electrons. The summed E-state index contributed by atoms with van der Waals surface area (Å²) < 4.78 is 6.99. The number of nitrogens with zero attached hydrogens (tertiary/aromatic N) is 2. The molecule has 4 aromatic rings. The van der Waals surface area contributed by atoms with Crippen molar-refractivity contribution in [3.05, 3.63) is 88.8 Å². The third-order valence-corrected chi connectivity index (χ3v) is 6.71. The number of amides is 2. The van der Waals surface area contributed by atoms with Gasteiger partial charge in [-0.1, -0.05) is 24.3 Å². The van der Waals surface area contributed by atoms with Gasteiger partial charge in [-0.3, -0.25) is 19.1 Å². The van der Waals surface area contributed by atoms with Crippen molar-refractivity contribution in [2.45, 2.75) is 18.9 Å². The fourth-order valence-corrected chi connectivity index (χ4v) is 4.83. The number of aromatic amines is 1. The first-order valence-corrected chi connectivity index (χ1v) is 12.3. The quantitative estimate of drug-likeness (QED) is 0.358. The van der Waals surface area contributed by atoms with E-state index in [2.05, 4.69) is 20.5 Å². The highest BCUT2D eigenvalue weighted by Gasteiger charge is 2.25. The molecule has 0 spiro atoms. The zero-order valence-corrected chi connectivity index (χ0v) is 20.6. The molecule has 3 aromatic carbocycles. The molecule has 0 unspecified atom stereocenters. The van der Waals surface area contributed by atoms with Crippen LogP contribution < -0.4 is 21.1 Å². The fourth-order valence-electron chi connectivity index (χ4n) is 4.83. The van der Waals surface area contributed by atoms with Crippen molar-refractivity contribution in [3.63, 3.8) is 0 Å². The SMILES string of the molecule is COc1ccc(NC(=O)c2ccccc2NC(=O)CN2CCC(n3c(=O)[nH]c4ccccc43)CC2)cc1. The van der Waals surface area contributed by atoms with Gasteiger partial charge in [0.05, 0.1) is 35.9 Å². The second-order valence-electron chi connectivity index (χ2n) is 9.10. The standard InChI is InChI=1S/C28H29N5O4/c1-37-21-12-10-19(11-13-21)29-27(35)22-6-2-3-7-23(22)30-26(34)18-32-16-14-20(15-17-32)33-25-9-5-4-8-24(25)31-28(33)36/h2-13,20H,14-18H2,1H3,(H,29,35)(H,30,34)(H,31,36). The van der Waals surface area contributed by atoms with Crippen LogP contribution in [0.2, 0.25) is 0 Å². The van der Waals surface area contributed by atoms with Crippen molar-refractivity contribution in [3.8, 4) is 5.75 Å². The van der Waals surface area contributed by atoms with Crippen molar-refractivity contribution in [1.29, 1.82) is 0 Å². The molecule has 1 aromatic heterocycles. The zero-order chi connectivity index (χ0) is 25.8. The summed E-state index contributed by atoms with van der Waals surface area (Å²) in [5, 5.41) is 5.75. The maximum atomic E-state index is 12.9. The van der Waals surface area contributed by atoms with Crippen molar-refractivity contribution >= 4 is 34.2 Å². The highest BCUT2D eigenvalue weighted by atomic mass is 16.5. The molecule has 0 bridgehead atoms. The van der Waals surface area contributed by atoms with Crippen LogP contribution in [-0.4, -0.2) is 53.0 Å². The van der Waals surface area contributed by atoms with E-state index in [0.717, 1.165) is 23.9 Å². The lowest BCUT2D eigenvalue weighted by Gasteiger charge is -2.32. The van der Waals surface area contributed by atoms with E-state index in [4.69, 9.17) is 4.74 Å². The number of anilines is 2. The van der Waals surface area contributed by atoms with Crippen LogP contribution in [0.5, 0.6) is 5.75 Å². The predicted octanol–water partition coefficient (Wildman–Crippen LogP) is 3.87. The number of aromatic nitrogens is 2. The molecule has 1 fully saturated rings. The minimum Gasteiger partial charge on any atom is -0.497 e. The lowest BCUT2D eigenvalue weighted by molar-refractivity contribution is -0.117. The molecule has 190 valence electrons. The highest BCUT2D eigenvalue weighted by molar-refractivity contribution is 6.10. The molecule has 1 aliphatic rings. The minimum absolute atomic E-state index is 0.0883. The molecule has 0 atom stereocenters. The Labute approximate surface area is 214 Å². The highest BCUT2D eigenvalue weighted by Crippen LogP contribution is 2.25. The lowest BCUT2D eigenvalue weighted by atomic mass is 10.0. The topological polar surface area (TPSA) is 108 Å². The number of H-pyrrole nitrogens is 1. The Morgan fingerprint density at radius 1 is 0.946 bits per heavy atom. The molecule has 37 heavy (non-hydrogen) atoms. The number of likely N-dealkylation sites (tertiary alicyclic amines) is 1. The summed E-state index contributed by atoms with van der Waals surface area (Å²) in [6.45, 7) is 1.61. The first-order valence-electron chi connectivity index (χ1n) is 12.3. The summed E-state index contributed by atoms with van der Waals surface area (Å²) in [6.07, 6.45) is 1.55. The number of piperidine rings is 1. The van der Waals surface area contributed by atoms with Gasteiger partial charge >= 0.3 is 5.69 Å². The van der Waals surface area contributed by atoms with E-state index in [1.165, 1.54) is 0 Å². The Balaban J connectivity index is 1.18. The molecule has 0 aliphatic carbocycles. The van der Waals surface area contributed by atoms with Gasteiger partial charge in [0, 0.05) is 24.8 Å². The summed E-state index contributed by atoms with van der Waals surface area (Å²) in [5.41, 5.74) is 3.12. The lowest BCUT2D eigenvalue weighted by Crippen LogP contribution is -2.41. The molecule has 2 heterocycles. The van der Waals surface area contributed by atoms with Crippen molar-refractivity contribution in [2.24, 2.45) is 0 Å². The summed E-state index contributed by atoms with van der Waals surface area (Å²) >= 11 is 0. The van der Waals surface area contributed by atoms with Crippen LogP contribution in [0.25, 0.3) is 11.0 Å². The summed E-state index contributed by atoms with van der Waals surface area (Å²) in [6, 6.07) is 21.8. The van der Waals surface area contributed by atoms with Crippen LogP contribution in [0, 0.1) is 0 Å². The number of hydrogen-bond acceptors (Lipinski definition) is 5. The van der Waals surface area contributed by atoms with E-state index in [1.807, 2.05) is 28.8 Å². The van der Waals surface area contributed by atoms with Crippen LogP contribution in [0.15, 0.2) is 77.6 Å². The number of benzene rings is 3. The van der Waals surface area contributed by atoms with Crippen LogP contribution in [0.3, 0.4) is 0 Å². The minimum atomic E-state index is -0.314. The number of ether oxygens (including phenoxy) is 1.